The summed E-state index contributed by atoms with van der Waals surface area (Å²) in [6.45, 7) is 4.04. The van der Waals surface area contributed by atoms with Crippen molar-refractivity contribution in [2.24, 2.45) is 0 Å². The van der Waals surface area contributed by atoms with Crippen molar-refractivity contribution in [1.29, 1.82) is 0 Å². The van der Waals surface area contributed by atoms with E-state index < -0.39 is 0 Å². The highest BCUT2D eigenvalue weighted by Gasteiger charge is 2.12. The molecule has 1 N–H and O–H groups in total. The predicted molar refractivity (Wildman–Crippen MR) is 104 cm³/mol. The number of carbonyl (C=O) groups is 1. The SMILES string of the molecule is Cc1cc(F)ccc1NC(=O)c1cc(COc2ccc(Cl)cc2C)cs1. The predicted octanol–water partition coefficient (Wildman–Crippen LogP) is 5.99. The largest absolute Gasteiger partial charge is 0.489 e. The average Bonchev–Trinajstić information content (AvgIpc) is 3.06. The minimum atomic E-state index is -0.325. The molecule has 0 unspecified atom stereocenters. The molecule has 3 nitrogen and oxygen atoms in total. The third-order valence-corrected chi connectivity index (χ3v) is 5.06. The van der Waals surface area contributed by atoms with Gasteiger partial charge in [-0.2, -0.15) is 0 Å². The van der Waals surface area contributed by atoms with E-state index in [1.807, 2.05) is 24.4 Å². The maximum atomic E-state index is 13.2. The lowest BCUT2D eigenvalue weighted by Crippen LogP contribution is -2.11. The van der Waals surface area contributed by atoms with Gasteiger partial charge in [0.05, 0.1) is 4.88 Å². The van der Waals surface area contributed by atoms with Crippen LogP contribution in [0.2, 0.25) is 5.02 Å². The van der Waals surface area contributed by atoms with Crippen LogP contribution in [-0.2, 0) is 6.61 Å². The number of carbonyl (C=O) groups excluding carboxylic acids is 1. The maximum Gasteiger partial charge on any atom is 0.265 e. The zero-order valence-electron chi connectivity index (χ0n) is 14.3. The smallest absolute Gasteiger partial charge is 0.265 e. The molecule has 3 aromatic rings. The van der Waals surface area contributed by atoms with E-state index in [0.29, 0.717) is 27.8 Å². The van der Waals surface area contributed by atoms with Gasteiger partial charge in [-0.1, -0.05) is 11.6 Å². The number of ether oxygens (including phenoxy) is 1. The van der Waals surface area contributed by atoms with Gasteiger partial charge in [0.1, 0.15) is 18.2 Å². The van der Waals surface area contributed by atoms with E-state index in [2.05, 4.69) is 5.32 Å². The summed E-state index contributed by atoms with van der Waals surface area (Å²) in [5.74, 6) is 0.209. The number of nitrogens with one attached hydrogen (secondary N) is 1. The molecule has 0 saturated heterocycles. The van der Waals surface area contributed by atoms with Crippen LogP contribution in [0.3, 0.4) is 0 Å². The van der Waals surface area contributed by atoms with Crippen molar-refractivity contribution < 1.29 is 13.9 Å². The van der Waals surface area contributed by atoms with Crippen LogP contribution in [0.1, 0.15) is 26.4 Å². The summed E-state index contributed by atoms with van der Waals surface area (Å²) in [6, 6.07) is 11.5. The highest BCUT2D eigenvalue weighted by Crippen LogP contribution is 2.24. The van der Waals surface area contributed by atoms with Crippen LogP contribution < -0.4 is 10.1 Å². The Labute approximate surface area is 160 Å². The van der Waals surface area contributed by atoms with Gasteiger partial charge in [0.25, 0.3) is 5.91 Å². The Balaban J connectivity index is 1.64. The summed E-state index contributed by atoms with van der Waals surface area (Å²) < 4.78 is 19.0. The third kappa shape index (κ3) is 4.42. The molecule has 3 rings (SSSR count). The van der Waals surface area contributed by atoms with Crippen molar-refractivity contribution in [1.82, 2.24) is 0 Å². The molecule has 0 bridgehead atoms. The van der Waals surface area contributed by atoms with Crippen molar-refractivity contribution in [3.8, 4) is 5.75 Å². The first-order chi connectivity index (χ1) is 12.4. The zero-order chi connectivity index (χ0) is 18.7. The normalized spacial score (nSPS) is 10.6. The second-order valence-electron chi connectivity index (χ2n) is 5.93. The fourth-order valence-corrected chi connectivity index (χ4v) is 3.48. The average molecular weight is 390 g/mol. The first kappa shape index (κ1) is 18.4. The molecule has 1 heterocycles. The molecule has 0 aliphatic carbocycles. The summed E-state index contributed by atoms with van der Waals surface area (Å²) in [6.07, 6.45) is 0. The number of benzene rings is 2. The fourth-order valence-electron chi connectivity index (χ4n) is 2.46. The lowest BCUT2D eigenvalue weighted by Gasteiger charge is -2.08. The van der Waals surface area contributed by atoms with E-state index in [0.717, 1.165) is 16.9 Å². The van der Waals surface area contributed by atoms with Crippen LogP contribution in [-0.4, -0.2) is 5.91 Å². The molecule has 0 spiro atoms. The van der Waals surface area contributed by atoms with E-state index in [4.69, 9.17) is 16.3 Å². The molecule has 0 radical (unpaired) electrons. The Bertz CT molecular complexity index is 955. The molecule has 26 heavy (non-hydrogen) atoms. The van der Waals surface area contributed by atoms with Crippen LogP contribution in [0.25, 0.3) is 0 Å². The molecule has 2 aromatic carbocycles. The van der Waals surface area contributed by atoms with Crippen LogP contribution in [0.15, 0.2) is 47.8 Å². The number of anilines is 1. The Morgan fingerprint density at radius 1 is 1.15 bits per heavy atom. The van der Waals surface area contributed by atoms with Crippen molar-refractivity contribution >= 4 is 34.5 Å². The number of hydrogen-bond acceptors (Lipinski definition) is 3. The molecule has 0 saturated carbocycles. The second-order valence-corrected chi connectivity index (χ2v) is 7.28. The molecule has 0 aliphatic rings. The van der Waals surface area contributed by atoms with Crippen molar-refractivity contribution in [3.63, 3.8) is 0 Å². The topological polar surface area (TPSA) is 38.3 Å². The van der Waals surface area contributed by atoms with Gasteiger partial charge in [-0.25, -0.2) is 4.39 Å². The summed E-state index contributed by atoms with van der Waals surface area (Å²) in [5.41, 5.74) is 3.14. The number of thiophene rings is 1. The molecule has 0 aliphatic heterocycles. The van der Waals surface area contributed by atoms with Gasteiger partial charge in [0.15, 0.2) is 0 Å². The zero-order valence-corrected chi connectivity index (χ0v) is 15.9. The van der Waals surface area contributed by atoms with Crippen LogP contribution in [0, 0.1) is 19.7 Å². The summed E-state index contributed by atoms with van der Waals surface area (Å²) in [5, 5.41) is 5.36. The number of hydrogen-bond donors (Lipinski definition) is 1. The van der Waals surface area contributed by atoms with Gasteiger partial charge in [0.2, 0.25) is 0 Å². The van der Waals surface area contributed by atoms with Crippen LogP contribution in [0.5, 0.6) is 5.75 Å². The quantitative estimate of drug-likeness (QED) is 0.582. The molecule has 6 heteroatoms. The fraction of sp³-hybridized carbons (Fsp3) is 0.150. The van der Waals surface area contributed by atoms with Crippen molar-refractivity contribution in [3.05, 3.63) is 80.3 Å². The Morgan fingerprint density at radius 2 is 1.96 bits per heavy atom. The number of aryl methyl sites for hydroxylation is 2. The highest BCUT2D eigenvalue weighted by molar-refractivity contribution is 7.12. The third-order valence-electron chi connectivity index (χ3n) is 3.85. The summed E-state index contributed by atoms with van der Waals surface area (Å²) in [7, 11) is 0. The first-order valence-electron chi connectivity index (χ1n) is 7.96. The molecular formula is C20H17ClFNO2S. The number of halogens is 2. The number of rotatable bonds is 5. The Hall–Kier alpha value is -2.37. The minimum absolute atomic E-state index is 0.223. The van der Waals surface area contributed by atoms with E-state index in [-0.39, 0.29) is 11.7 Å². The Kier molecular flexibility index (Phi) is 5.59. The number of amides is 1. The van der Waals surface area contributed by atoms with Crippen LogP contribution in [0.4, 0.5) is 10.1 Å². The molecule has 0 atom stereocenters. The standard InChI is InChI=1S/C20H17ClFNO2S/c1-12-8-16(22)4-5-17(12)23-20(24)19-9-14(11-26-19)10-25-18-6-3-15(21)7-13(18)2/h3-9,11H,10H2,1-2H3,(H,23,24). The van der Waals surface area contributed by atoms with Gasteiger partial charge in [0, 0.05) is 16.3 Å². The van der Waals surface area contributed by atoms with E-state index >= 15 is 0 Å². The minimum Gasteiger partial charge on any atom is -0.489 e. The van der Waals surface area contributed by atoms with Gasteiger partial charge >= 0.3 is 0 Å². The second kappa shape index (κ2) is 7.89. The van der Waals surface area contributed by atoms with E-state index in [9.17, 15) is 9.18 Å². The molecule has 0 fully saturated rings. The highest BCUT2D eigenvalue weighted by atomic mass is 35.5. The van der Waals surface area contributed by atoms with Gasteiger partial charge in [-0.3, -0.25) is 4.79 Å². The summed E-state index contributed by atoms with van der Waals surface area (Å²) in [4.78, 5) is 13.0. The molecular weight excluding hydrogens is 373 g/mol. The van der Waals surface area contributed by atoms with Gasteiger partial charge in [-0.05, 0) is 72.8 Å². The van der Waals surface area contributed by atoms with E-state index in [1.165, 1.54) is 23.5 Å². The van der Waals surface area contributed by atoms with Crippen molar-refractivity contribution in [2.75, 3.05) is 5.32 Å². The van der Waals surface area contributed by atoms with Gasteiger partial charge in [-0.15, -0.1) is 11.3 Å². The lowest BCUT2D eigenvalue weighted by atomic mass is 10.2. The lowest BCUT2D eigenvalue weighted by molar-refractivity contribution is 0.103. The van der Waals surface area contributed by atoms with Gasteiger partial charge < -0.3 is 10.1 Å². The first-order valence-corrected chi connectivity index (χ1v) is 9.22. The molecule has 1 amide bonds. The Morgan fingerprint density at radius 3 is 2.69 bits per heavy atom. The van der Waals surface area contributed by atoms with Crippen molar-refractivity contribution in [2.45, 2.75) is 20.5 Å². The monoisotopic (exact) mass is 389 g/mol. The molecule has 1 aromatic heterocycles. The van der Waals surface area contributed by atoms with E-state index in [1.54, 1.807) is 25.1 Å². The van der Waals surface area contributed by atoms with Crippen LogP contribution >= 0.6 is 22.9 Å². The summed E-state index contributed by atoms with van der Waals surface area (Å²) >= 11 is 7.28. The molecule has 134 valence electrons. The maximum absolute atomic E-state index is 13.2.